The zero-order valence-corrected chi connectivity index (χ0v) is 18.6. The summed E-state index contributed by atoms with van der Waals surface area (Å²) in [6.07, 6.45) is 3.22. The fourth-order valence-corrected chi connectivity index (χ4v) is 3.57. The minimum absolute atomic E-state index is 0.0210. The lowest BCUT2D eigenvalue weighted by atomic mass is 10.1. The first-order valence-corrected chi connectivity index (χ1v) is 12.4. The number of aromatic nitrogens is 3. The lowest BCUT2D eigenvalue weighted by molar-refractivity contribution is 0.0735. The Bertz CT molecular complexity index is 767. The molecule has 0 spiro atoms. The Hall–Kier alpha value is -1.99. The van der Waals surface area contributed by atoms with Crippen molar-refractivity contribution in [1.29, 1.82) is 0 Å². The van der Waals surface area contributed by atoms with Crippen LogP contribution >= 0.6 is 0 Å². The molecule has 0 fully saturated rings. The fraction of sp³-hybridized carbons (Fsp3) is 0.550. The van der Waals surface area contributed by atoms with E-state index in [1.165, 1.54) is 4.80 Å². The van der Waals surface area contributed by atoms with Gasteiger partial charge in [-0.1, -0.05) is 32.4 Å². The molecule has 0 bridgehead atoms. The lowest BCUT2D eigenvalue weighted by Crippen LogP contribution is -2.43. The van der Waals surface area contributed by atoms with E-state index in [0.29, 0.717) is 30.9 Å². The van der Waals surface area contributed by atoms with Gasteiger partial charge in [-0.2, -0.15) is 15.0 Å². The number of carbonyl (C=O) groups excluding carboxylic acids is 1. The van der Waals surface area contributed by atoms with Crippen LogP contribution in [-0.4, -0.2) is 53.8 Å². The number of hydrogen-bond acceptors (Lipinski definition) is 4. The Morgan fingerprint density at radius 3 is 2.41 bits per heavy atom. The largest absolute Gasteiger partial charge is 0.415 e. The average Bonchev–Trinajstić information content (AvgIpc) is 3.11. The molecule has 1 heterocycles. The first-order chi connectivity index (χ1) is 12.6. The van der Waals surface area contributed by atoms with Crippen LogP contribution in [0.3, 0.4) is 0 Å². The molecule has 2 rings (SSSR count). The van der Waals surface area contributed by atoms with Gasteiger partial charge in [-0.25, -0.2) is 0 Å². The lowest BCUT2D eigenvalue weighted by Gasteiger charge is -2.36. The number of hydrogen-bond donors (Lipinski definition) is 0. The Labute approximate surface area is 163 Å². The van der Waals surface area contributed by atoms with Crippen LogP contribution in [0, 0.1) is 6.92 Å². The van der Waals surface area contributed by atoms with Crippen molar-refractivity contribution in [2.45, 2.75) is 52.8 Å². The summed E-state index contributed by atoms with van der Waals surface area (Å²) in [7, 11) is -1.82. The van der Waals surface area contributed by atoms with E-state index in [4.69, 9.17) is 4.43 Å². The summed E-state index contributed by atoms with van der Waals surface area (Å²) < 4.78 is 6.25. The molecule has 0 unspecified atom stereocenters. The number of rotatable bonds is 7. The molecule has 6 nitrogen and oxygen atoms in total. The molecule has 1 amide bonds. The van der Waals surface area contributed by atoms with E-state index in [2.05, 4.69) is 44.1 Å². The second-order valence-electron chi connectivity index (χ2n) is 8.33. The van der Waals surface area contributed by atoms with Crippen LogP contribution in [0.5, 0.6) is 0 Å². The van der Waals surface area contributed by atoms with E-state index >= 15 is 0 Å². The monoisotopic (exact) mass is 388 g/mol. The van der Waals surface area contributed by atoms with Crippen molar-refractivity contribution in [1.82, 2.24) is 19.9 Å². The Morgan fingerprint density at radius 2 is 1.85 bits per heavy atom. The van der Waals surface area contributed by atoms with Crippen LogP contribution in [0.1, 0.15) is 43.6 Å². The second kappa shape index (κ2) is 8.35. The van der Waals surface area contributed by atoms with Crippen LogP contribution in [0.4, 0.5) is 0 Å². The minimum atomic E-state index is -1.82. The molecule has 27 heavy (non-hydrogen) atoms. The quantitative estimate of drug-likeness (QED) is 0.671. The van der Waals surface area contributed by atoms with E-state index in [1.54, 1.807) is 12.4 Å². The van der Waals surface area contributed by atoms with E-state index in [-0.39, 0.29) is 10.9 Å². The zero-order valence-electron chi connectivity index (χ0n) is 17.6. The maximum atomic E-state index is 13.2. The first-order valence-electron chi connectivity index (χ1n) is 9.47. The van der Waals surface area contributed by atoms with E-state index in [9.17, 15) is 4.79 Å². The molecular weight excluding hydrogens is 356 g/mol. The van der Waals surface area contributed by atoms with E-state index < -0.39 is 8.32 Å². The number of carbonyl (C=O) groups is 1. The molecule has 0 aliphatic heterocycles. The van der Waals surface area contributed by atoms with E-state index in [0.717, 1.165) is 5.56 Å². The molecule has 148 valence electrons. The van der Waals surface area contributed by atoms with Gasteiger partial charge < -0.3 is 9.33 Å². The van der Waals surface area contributed by atoms with Crippen molar-refractivity contribution < 1.29 is 9.22 Å². The zero-order chi connectivity index (χ0) is 20.2. The fourth-order valence-electron chi connectivity index (χ4n) is 2.54. The third-order valence-corrected chi connectivity index (χ3v) is 9.85. The predicted octanol–water partition coefficient (Wildman–Crippen LogP) is 4.06. The number of amides is 1. The Balaban J connectivity index is 2.17. The number of aryl methyl sites for hydroxylation is 1. The van der Waals surface area contributed by atoms with Gasteiger partial charge in [-0.15, -0.1) is 0 Å². The van der Waals surface area contributed by atoms with Gasteiger partial charge in [-0.3, -0.25) is 4.79 Å². The van der Waals surface area contributed by atoms with Gasteiger partial charge in [0.2, 0.25) is 0 Å². The normalized spacial score (nSPS) is 12.3. The number of benzene rings is 1. The van der Waals surface area contributed by atoms with E-state index in [1.807, 2.05) is 36.9 Å². The summed E-state index contributed by atoms with van der Waals surface area (Å²) in [6.45, 7) is 16.8. The topological polar surface area (TPSA) is 60.2 Å². The van der Waals surface area contributed by atoms with Crippen molar-refractivity contribution >= 4 is 14.2 Å². The molecule has 0 saturated heterocycles. The van der Waals surface area contributed by atoms with Crippen LogP contribution in [0.15, 0.2) is 30.6 Å². The smallest absolute Gasteiger partial charge is 0.256 e. The van der Waals surface area contributed by atoms with Gasteiger partial charge in [0.1, 0.15) is 0 Å². The summed E-state index contributed by atoms with van der Waals surface area (Å²) in [5.74, 6) is -0.0210. The molecule has 7 heteroatoms. The molecule has 0 aliphatic carbocycles. The second-order valence-corrected chi connectivity index (χ2v) is 13.1. The summed E-state index contributed by atoms with van der Waals surface area (Å²) in [5.41, 5.74) is 2.34. The van der Waals surface area contributed by atoms with Crippen LogP contribution in [0.2, 0.25) is 18.1 Å². The van der Waals surface area contributed by atoms with Crippen molar-refractivity contribution in [3.63, 3.8) is 0 Å². The van der Waals surface area contributed by atoms with Crippen LogP contribution in [0.25, 0.3) is 5.69 Å². The minimum Gasteiger partial charge on any atom is -0.415 e. The molecule has 2 aromatic rings. The van der Waals surface area contributed by atoms with Crippen LogP contribution < -0.4 is 0 Å². The third kappa shape index (κ3) is 5.04. The summed E-state index contributed by atoms with van der Waals surface area (Å²) >= 11 is 0. The third-order valence-electron chi connectivity index (χ3n) is 5.32. The highest BCUT2D eigenvalue weighted by molar-refractivity contribution is 6.74. The predicted molar refractivity (Wildman–Crippen MR) is 111 cm³/mol. The SMILES string of the molecule is CCN(CCO[Si](C)(C)C(C)(C)C)C(=O)c1cc(C)ccc1-n1nccn1. The van der Waals surface area contributed by atoms with Crippen LogP contribution in [-0.2, 0) is 4.43 Å². The van der Waals surface area contributed by atoms with Crippen molar-refractivity contribution in [2.24, 2.45) is 0 Å². The average molecular weight is 389 g/mol. The van der Waals surface area contributed by atoms with Gasteiger partial charge in [0.15, 0.2) is 8.32 Å². The number of nitrogens with zero attached hydrogens (tertiary/aromatic N) is 4. The summed E-state index contributed by atoms with van der Waals surface area (Å²) in [4.78, 5) is 16.5. The molecule has 0 aliphatic rings. The highest BCUT2D eigenvalue weighted by Crippen LogP contribution is 2.36. The summed E-state index contributed by atoms with van der Waals surface area (Å²) in [6, 6.07) is 5.76. The van der Waals surface area contributed by atoms with Gasteiger partial charge in [-0.05, 0) is 44.1 Å². The Morgan fingerprint density at radius 1 is 1.22 bits per heavy atom. The number of likely N-dealkylation sites (N-methyl/N-ethyl adjacent to an activating group) is 1. The first kappa shape index (κ1) is 21.3. The standard InChI is InChI=1S/C20H32N4O2Si/c1-8-23(13-14-26-27(6,7)20(3,4)5)19(25)17-15-16(2)9-10-18(17)24-21-11-12-22-24/h9-12,15H,8,13-14H2,1-7H3. The van der Waals surface area contributed by atoms with Gasteiger partial charge in [0, 0.05) is 13.1 Å². The maximum absolute atomic E-state index is 13.2. The molecule has 0 N–H and O–H groups in total. The summed E-state index contributed by atoms with van der Waals surface area (Å²) in [5, 5.41) is 8.52. The molecular formula is C20H32N4O2Si. The van der Waals surface area contributed by atoms with Crippen molar-refractivity contribution in [3.8, 4) is 5.69 Å². The molecule has 0 radical (unpaired) electrons. The van der Waals surface area contributed by atoms with Gasteiger partial charge in [0.25, 0.3) is 5.91 Å². The van der Waals surface area contributed by atoms with Gasteiger partial charge in [0.05, 0.1) is 30.3 Å². The molecule has 0 saturated carbocycles. The van der Waals surface area contributed by atoms with Crippen molar-refractivity contribution in [3.05, 3.63) is 41.7 Å². The Kier molecular flexibility index (Phi) is 6.59. The molecule has 1 aromatic carbocycles. The maximum Gasteiger partial charge on any atom is 0.256 e. The highest BCUT2D eigenvalue weighted by atomic mass is 28.4. The highest BCUT2D eigenvalue weighted by Gasteiger charge is 2.37. The van der Waals surface area contributed by atoms with Gasteiger partial charge >= 0.3 is 0 Å². The molecule has 0 atom stereocenters. The molecule has 1 aromatic heterocycles. The van der Waals surface area contributed by atoms with Crippen molar-refractivity contribution in [2.75, 3.05) is 19.7 Å².